The molecule has 1 fully saturated rings. The largest absolute Gasteiger partial charge is 0.481 e. The van der Waals surface area contributed by atoms with E-state index in [-0.39, 0.29) is 25.4 Å². The molecule has 8 heteroatoms. The van der Waals surface area contributed by atoms with Crippen molar-refractivity contribution in [3.8, 4) is 0 Å². The van der Waals surface area contributed by atoms with Gasteiger partial charge in [0.1, 0.15) is 15.3 Å². The molecule has 0 aromatic heterocycles. The molecule has 1 aliphatic heterocycles. The van der Waals surface area contributed by atoms with E-state index in [1.54, 1.807) is 0 Å². The molecule has 2 N–H and O–H groups in total. The first kappa shape index (κ1) is 14.9. The minimum absolute atomic E-state index is 0.0271. The van der Waals surface area contributed by atoms with Crippen LogP contribution in [0.1, 0.15) is 13.3 Å². The number of aliphatic carboxylic acids is 1. The van der Waals surface area contributed by atoms with Gasteiger partial charge in [0.15, 0.2) is 0 Å². The van der Waals surface area contributed by atoms with Crippen LogP contribution in [-0.4, -0.2) is 56.7 Å². The first-order valence-corrected chi connectivity index (χ1v) is 7.49. The maximum Gasteiger partial charge on any atom is 0.313 e. The van der Waals surface area contributed by atoms with Crippen LogP contribution in [0.15, 0.2) is 0 Å². The lowest BCUT2D eigenvalue weighted by Gasteiger charge is -2.25. The average Bonchev–Trinajstić information content (AvgIpc) is 2.58. The molecule has 0 bridgehead atoms. The van der Waals surface area contributed by atoms with Gasteiger partial charge in [0, 0.05) is 12.7 Å². The maximum absolute atomic E-state index is 11.5. The molecule has 0 aromatic carbocycles. The number of hydrogen-bond acceptors (Lipinski definition) is 5. The molecule has 0 spiro atoms. The Morgan fingerprint density at radius 2 is 2.11 bits per heavy atom. The molecule has 1 saturated heterocycles. The third-order valence-corrected chi connectivity index (χ3v) is 3.92. The fraction of sp³-hybridized carbons (Fsp3) is 0.800. The van der Waals surface area contributed by atoms with Crippen molar-refractivity contribution in [2.75, 3.05) is 25.2 Å². The molecule has 2 atom stereocenters. The van der Waals surface area contributed by atoms with Gasteiger partial charge in [-0.05, 0) is 6.92 Å². The van der Waals surface area contributed by atoms with Crippen LogP contribution >= 0.6 is 0 Å². The Bertz CT molecular complexity index is 445. The van der Waals surface area contributed by atoms with Gasteiger partial charge < -0.3 is 15.2 Å². The molecule has 0 aliphatic carbocycles. The lowest BCUT2D eigenvalue weighted by molar-refractivity contribution is -0.149. The van der Waals surface area contributed by atoms with Crippen molar-refractivity contribution < 1.29 is 27.9 Å². The predicted octanol–water partition coefficient (Wildman–Crippen LogP) is -0.973. The van der Waals surface area contributed by atoms with Crippen LogP contribution < -0.4 is 5.32 Å². The number of nitrogens with one attached hydrogen (secondary N) is 1. The highest BCUT2D eigenvalue weighted by Gasteiger charge is 2.47. The van der Waals surface area contributed by atoms with Crippen LogP contribution in [0.3, 0.4) is 0 Å². The van der Waals surface area contributed by atoms with Gasteiger partial charge in [-0.2, -0.15) is 0 Å². The van der Waals surface area contributed by atoms with Crippen LogP contribution in [0.2, 0.25) is 0 Å². The molecule has 104 valence electrons. The summed E-state index contributed by atoms with van der Waals surface area (Å²) in [6.07, 6.45) is 0.866. The Hall–Kier alpha value is -1.15. The number of rotatable bonds is 5. The maximum atomic E-state index is 11.5. The van der Waals surface area contributed by atoms with E-state index in [4.69, 9.17) is 9.84 Å². The number of carboxylic acid groups (broad SMARTS) is 1. The third kappa shape index (κ3) is 3.67. The van der Waals surface area contributed by atoms with E-state index in [1.807, 2.05) is 0 Å². The Balaban J connectivity index is 2.57. The second-order valence-corrected chi connectivity index (χ2v) is 7.00. The van der Waals surface area contributed by atoms with Crippen LogP contribution in [0, 0.1) is 5.41 Å². The van der Waals surface area contributed by atoms with Crippen LogP contribution in [-0.2, 0) is 24.2 Å². The van der Waals surface area contributed by atoms with Crippen molar-refractivity contribution in [1.82, 2.24) is 5.32 Å². The van der Waals surface area contributed by atoms with E-state index in [9.17, 15) is 18.0 Å². The summed E-state index contributed by atoms with van der Waals surface area (Å²) in [6.45, 7) is 1.64. The Morgan fingerprint density at radius 1 is 1.50 bits per heavy atom. The van der Waals surface area contributed by atoms with Gasteiger partial charge in [-0.1, -0.05) is 0 Å². The molecular formula is C10H17NO6S. The molecule has 0 aromatic rings. The van der Waals surface area contributed by atoms with E-state index in [0.29, 0.717) is 0 Å². The van der Waals surface area contributed by atoms with Gasteiger partial charge >= 0.3 is 5.97 Å². The van der Waals surface area contributed by atoms with E-state index in [0.717, 1.165) is 6.26 Å². The highest BCUT2D eigenvalue weighted by Crippen LogP contribution is 2.28. The number of hydrogen-bond donors (Lipinski definition) is 2. The van der Waals surface area contributed by atoms with Crippen molar-refractivity contribution in [2.24, 2.45) is 5.41 Å². The first-order valence-electron chi connectivity index (χ1n) is 5.43. The predicted molar refractivity (Wildman–Crippen MR) is 62.8 cm³/mol. The number of sulfone groups is 1. The van der Waals surface area contributed by atoms with Gasteiger partial charge in [-0.3, -0.25) is 9.59 Å². The summed E-state index contributed by atoms with van der Waals surface area (Å²) in [6, 6.07) is -0.637. The standard InChI is InChI=1S/C10H17NO6S/c1-10(9(13)14)6-17-5-7(10)11-8(12)3-4-18(2,15)16/h7H,3-6H2,1-2H3,(H,11,12)(H,13,14). The van der Waals surface area contributed by atoms with Crippen molar-refractivity contribution >= 4 is 21.7 Å². The van der Waals surface area contributed by atoms with Gasteiger partial charge in [0.2, 0.25) is 5.91 Å². The minimum Gasteiger partial charge on any atom is -0.481 e. The van der Waals surface area contributed by atoms with E-state index in [2.05, 4.69) is 5.32 Å². The summed E-state index contributed by atoms with van der Waals surface area (Å²) in [5.41, 5.74) is -1.17. The van der Waals surface area contributed by atoms with Crippen molar-refractivity contribution in [1.29, 1.82) is 0 Å². The lowest BCUT2D eigenvalue weighted by Crippen LogP contribution is -2.49. The zero-order valence-corrected chi connectivity index (χ0v) is 11.1. The number of carbonyl (C=O) groups is 2. The molecule has 1 amide bonds. The summed E-state index contributed by atoms with van der Waals surface area (Å²) in [5.74, 6) is -1.78. The number of carboxylic acids is 1. The number of ether oxygens (including phenoxy) is 1. The zero-order chi connectivity index (χ0) is 14.0. The number of carbonyl (C=O) groups excluding carboxylic acids is 1. The molecule has 1 heterocycles. The molecule has 0 radical (unpaired) electrons. The summed E-state index contributed by atoms with van der Waals surface area (Å²) >= 11 is 0. The normalized spacial score (nSPS) is 28.0. The minimum atomic E-state index is -3.21. The second kappa shape index (κ2) is 5.23. The summed E-state index contributed by atoms with van der Waals surface area (Å²) in [4.78, 5) is 22.6. The lowest BCUT2D eigenvalue weighted by atomic mass is 9.85. The number of amides is 1. The molecular weight excluding hydrogens is 262 g/mol. The monoisotopic (exact) mass is 279 g/mol. The van der Waals surface area contributed by atoms with Gasteiger partial charge in [0.05, 0.1) is 25.0 Å². The summed E-state index contributed by atoms with van der Waals surface area (Å²) in [5, 5.41) is 11.6. The Labute approximate surface area is 105 Å². The topological polar surface area (TPSA) is 110 Å². The summed E-state index contributed by atoms with van der Waals surface area (Å²) < 4.78 is 26.9. The molecule has 1 rings (SSSR count). The van der Waals surface area contributed by atoms with Crippen molar-refractivity contribution in [3.63, 3.8) is 0 Å². The van der Waals surface area contributed by atoms with E-state index >= 15 is 0 Å². The third-order valence-electron chi connectivity index (χ3n) is 2.98. The quantitative estimate of drug-likeness (QED) is 0.670. The van der Waals surface area contributed by atoms with Gasteiger partial charge in [-0.25, -0.2) is 8.42 Å². The molecule has 0 saturated carbocycles. The van der Waals surface area contributed by atoms with E-state index < -0.39 is 33.2 Å². The Morgan fingerprint density at radius 3 is 2.61 bits per heavy atom. The van der Waals surface area contributed by atoms with Crippen molar-refractivity contribution in [3.05, 3.63) is 0 Å². The highest BCUT2D eigenvalue weighted by molar-refractivity contribution is 7.90. The first-order chi connectivity index (χ1) is 8.15. The fourth-order valence-corrected chi connectivity index (χ4v) is 2.19. The Kier molecular flexibility index (Phi) is 4.33. The SMILES string of the molecule is CC1(C(=O)O)COCC1NC(=O)CCS(C)(=O)=O. The fourth-order valence-electron chi connectivity index (χ4n) is 1.63. The van der Waals surface area contributed by atoms with Gasteiger partial charge in [-0.15, -0.1) is 0 Å². The molecule has 1 aliphatic rings. The molecule has 2 unspecified atom stereocenters. The average molecular weight is 279 g/mol. The van der Waals surface area contributed by atoms with Crippen LogP contribution in [0.25, 0.3) is 0 Å². The van der Waals surface area contributed by atoms with Gasteiger partial charge in [0.25, 0.3) is 0 Å². The van der Waals surface area contributed by atoms with E-state index in [1.165, 1.54) is 6.92 Å². The molecule has 18 heavy (non-hydrogen) atoms. The zero-order valence-electron chi connectivity index (χ0n) is 10.3. The van der Waals surface area contributed by atoms with Crippen LogP contribution in [0.5, 0.6) is 0 Å². The highest BCUT2D eigenvalue weighted by atomic mass is 32.2. The van der Waals surface area contributed by atoms with Crippen LogP contribution in [0.4, 0.5) is 0 Å². The summed E-state index contributed by atoms with van der Waals surface area (Å²) in [7, 11) is -3.21. The second-order valence-electron chi connectivity index (χ2n) is 4.74. The smallest absolute Gasteiger partial charge is 0.313 e. The van der Waals surface area contributed by atoms with Crippen molar-refractivity contribution in [2.45, 2.75) is 19.4 Å². The molecule has 7 nitrogen and oxygen atoms in total.